The first-order chi connectivity index (χ1) is 14.7. The van der Waals surface area contributed by atoms with Crippen molar-refractivity contribution < 1.29 is 28.3 Å². The SMILES string of the molecule is C[C@H](OC1CCCCO1)C(C)(C)c1cc(NC(=O)C(C)(C)SC[C@H]2COCCO2)on1. The highest BCUT2D eigenvalue weighted by Gasteiger charge is 2.36. The average Bonchev–Trinajstić information content (AvgIpc) is 3.23. The smallest absolute Gasteiger partial charge is 0.242 e. The molecular formula is C22H36N2O6S. The van der Waals surface area contributed by atoms with Crippen molar-refractivity contribution in [2.24, 2.45) is 0 Å². The second kappa shape index (κ2) is 10.7. The fourth-order valence-corrected chi connectivity index (χ4v) is 4.30. The lowest BCUT2D eigenvalue weighted by Crippen LogP contribution is -2.38. The number of anilines is 1. The van der Waals surface area contributed by atoms with Gasteiger partial charge in [0.15, 0.2) is 6.29 Å². The third-order valence-corrected chi connectivity index (χ3v) is 7.42. The van der Waals surface area contributed by atoms with Gasteiger partial charge in [0.25, 0.3) is 0 Å². The molecule has 0 aromatic carbocycles. The van der Waals surface area contributed by atoms with Crippen LogP contribution in [0, 0.1) is 0 Å². The molecule has 1 aromatic heterocycles. The Morgan fingerprint density at radius 2 is 2.06 bits per heavy atom. The van der Waals surface area contributed by atoms with Gasteiger partial charge in [0.2, 0.25) is 11.8 Å². The summed E-state index contributed by atoms with van der Waals surface area (Å²) >= 11 is 1.54. The van der Waals surface area contributed by atoms with Gasteiger partial charge in [-0.2, -0.15) is 0 Å². The van der Waals surface area contributed by atoms with Gasteiger partial charge in [0, 0.05) is 23.8 Å². The minimum absolute atomic E-state index is 0.0122. The van der Waals surface area contributed by atoms with E-state index in [2.05, 4.69) is 24.3 Å². The molecule has 3 rings (SSSR count). The van der Waals surface area contributed by atoms with E-state index in [9.17, 15) is 4.79 Å². The molecule has 0 radical (unpaired) electrons. The second-order valence-electron chi connectivity index (χ2n) is 9.22. The summed E-state index contributed by atoms with van der Waals surface area (Å²) in [5, 5.41) is 7.06. The normalized spacial score (nSPS) is 24.0. The van der Waals surface area contributed by atoms with Crippen molar-refractivity contribution in [3.63, 3.8) is 0 Å². The van der Waals surface area contributed by atoms with Crippen LogP contribution < -0.4 is 5.32 Å². The number of amides is 1. The van der Waals surface area contributed by atoms with Crippen molar-refractivity contribution in [3.05, 3.63) is 11.8 Å². The lowest BCUT2D eigenvalue weighted by molar-refractivity contribution is -0.196. The fourth-order valence-electron chi connectivity index (χ4n) is 3.32. The molecule has 9 heteroatoms. The fraction of sp³-hybridized carbons (Fsp3) is 0.818. The summed E-state index contributed by atoms with van der Waals surface area (Å²) in [6.45, 7) is 12.4. The molecule has 1 aromatic rings. The summed E-state index contributed by atoms with van der Waals surface area (Å²) in [7, 11) is 0. The maximum atomic E-state index is 12.8. The van der Waals surface area contributed by atoms with Gasteiger partial charge in [-0.1, -0.05) is 19.0 Å². The third-order valence-electron chi connectivity index (χ3n) is 5.98. The molecule has 2 fully saturated rings. The predicted molar refractivity (Wildman–Crippen MR) is 119 cm³/mol. The quantitative estimate of drug-likeness (QED) is 0.601. The highest BCUT2D eigenvalue weighted by Crippen LogP contribution is 2.33. The predicted octanol–water partition coefficient (Wildman–Crippen LogP) is 3.75. The van der Waals surface area contributed by atoms with Gasteiger partial charge in [-0.15, -0.1) is 11.8 Å². The van der Waals surface area contributed by atoms with Crippen molar-refractivity contribution in [2.45, 2.75) is 82.5 Å². The van der Waals surface area contributed by atoms with E-state index in [0.29, 0.717) is 31.5 Å². The van der Waals surface area contributed by atoms with Gasteiger partial charge in [-0.25, -0.2) is 0 Å². The molecule has 0 bridgehead atoms. The Morgan fingerprint density at radius 1 is 1.26 bits per heavy atom. The van der Waals surface area contributed by atoms with Crippen LogP contribution in [0.3, 0.4) is 0 Å². The van der Waals surface area contributed by atoms with Crippen LogP contribution in [0.2, 0.25) is 0 Å². The lowest BCUT2D eigenvalue weighted by atomic mass is 9.84. The Morgan fingerprint density at radius 3 is 2.74 bits per heavy atom. The third kappa shape index (κ3) is 6.68. The maximum Gasteiger partial charge on any atom is 0.242 e. The van der Waals surface area contributed by atoms with Crippen molar-refractivity contribution in [1.82, 2.24) is 5.16 Å². The molecule has 0 spiro atoms. The summed E-state index contributed by atoms with van der Waals surface area (Å²) < 4.78 is 27.7. The minimum atomic E-state index is -0.655. The first-order valence-electron chi connectivity index (χ1n) is 11.1. The second-order valence-corrected chi connectivity index (χ2v) is 10.9. The number of ether oxygens (including phenoxy) is 4. The largest absolute Gasteiger partial charge is 0.376 e. The monoisotopic (exact) mass is 456 g/mol. The number of hydrogen-bond donors (Lipinski definition) is 1. The van der Waals surface area contributed by atoms with Crippen LogP contribution in [0.15, 0.2) is 10.6 Å². The van der Waals surface area contributed by atoms with Crippen molar-refractivity contribution >= 4 is 23.6 Å². The molecule has 2 aliphatic heterocycles. The molecule has 3 atom stereocenters. The zero-order chi connectivity index (χ0) is 22.5. The van der Waals surface area contributed by atoms with Crippen LogP contribution in [-0.2, 0) is 29.2 Å². The summed E-state index contributed by atoms with van der Waals surface area (Å²) in [5.74, 6) is 0.877. The van der Waals surface area contributed by atoms with E-state index in [1.54, 1.807) is 6.07 Å². The zero-order valence-electron chi connectivity index (χ0n) is 19.3. The van der Waals surface area contributed by atoms with E-state index in [1.807, 2.05) is 20.8 Å². The highest BCUT2D eigenvalue weighted by atomic mass is 32.2. The number of nitrogens with one attached hydrogen (secondary N) is 1. The van der Waals surface area contributed by atoms with E-state index < -0.39 is 10.2 Å². The number of nitrogens with zero attached hydrogens (tertiary/aromatic N) is 1. The van der Waals surface area contributed by atoms with Gasteiger partial charge in [0.05, 0.1) is 42.5 Å². The average molecular weight is 457 g/mol. The van der Waals surface area contributed by atoms with Crippen LogP contribution in [0.5, 0.6) is 0 Å². The van der Waals surface area contributed by atoms with Crippen LogP contribution in [-0.4, -0.2) is 66.5 Å². The molecule has 1 unspecified atom stereocenters. The molecule has 3 heterocycles. The summed E-state index contributed by atoms with van der Waals surface area (Å²) in [6, 6.07) is 1.78. The number of carbonyl (C=O) groups excluding carboxylic acids is 1. The number of carbonyl (C=O) groups is 1. The topological polar surface area (TPSA) is 92.1 Å². The zero-order valence-corrected chi connectivity index (χ0v) is 20.1. The van der Waals surface area contributed by atoms with Crippen LogP contribution in [0.4, 0.5) is 5.88 Å². The van der Waals surface area contributed by atoms with Crippen LogP contribution >= 0.6 is 11.8 Å². The number of rotatable bonds is 9. The molecular weight excluding hydrogens is 420 g/mol. The van der Waals surface area contributed by atoms with E-state index in [-0.39, 0.29) is 24.4 Å². The van der Waals surface area contributed by atoms with E-state index in [4.69, 9.17) is 23.5 Å². The molecule has 1 N–H and O–H groups in total. The van der Waals surface area contributed by atoms with Crippen molar-refractivity contribution in [3.8, 4) is 0 Å². The maximum absolute atomic E-state index is 12.8. The van der Waals surface area contributed by atoms with Crippen LogP contribution in [0.1, 0.15) is 59.6 Å². The molecule has 0 saturated carbocycles. The first-order valence-corrected chi connectivity index (χ1v) is 12.1. The molecule has 0 aliphatic carbocycles. The first kappa shape index (κ1) is 24.5. The number of aromatic nitrogens is 1. The molecule has 31 heavy (non-hydrogen) atoms. The Labute approximate surface area is 189 Å². The molecule has 8 nitrogen and oxygen atoms in total. The van der Waals surface area contributed by atoms with Gasteiger partial charge in [-0.05, 0) is 40.0 Å². The summed E-state index contributed by atoms with van der Waals surface area (Å²) in [6.07, 6.45) is 2.81. The van der Waals surface area contributed by atoms with E-state index in [0.717, 1.165) is 31.6 Å². The van der Waals surface area contributed by atoms with E-state index >= 15 is 0 Å². The minimum Gasteiger partial charge on any atom is -0.376 e. The molecule has 2 aliphatic rings. The van der Waals surface area contributed by atoms with E-state index in [1.165, 1.54) is 11.8 Å². The van der Waals surface area contributed by atoms with Crippen molar-refractivity contribution in [1.29, 1.82) is 0 Å². The highest BCUT2D eigenvalue weighted by molar-refractivity contribution is 8.01. The summed E-state index contributed by atoms with van der Waals surface area (Å²) in [4.78, 5) is 12.8. The Bertz CT molecular complexity index is 711. The Balaban J connectivity index is 1.54. The van der Waals surface area contributed by atoms with Gasteiger partial charge in [-0.3, -0.25) is 10.1 Å². The molecule has 2 saturated heterocycles. The number of hydrogen-bond acceptors (Lipinski definition) is 8. The van der Waals surface area contributed by atoms with Crippen LogP contribution in [0.25, 0.3) is 0 Å². The van der Waals surface area contributed by atoms with Gasteiger partial charge < -0.3 is 23.5 Å². The number of thioether (sulfide) groups is 1. The van der Waals surface area contributed by atoms with Gasteiger partial charge >= 0.3 is 0 Å². The molecule has 176 valence electrons. The Hall–Kier alpha value is -1.13. The lowest BCUT2D eigenvalue weighted by Gasteiger charge is -2.34. The van der Waals surface area contributed by atoms with Crippen molar-refractivity contribution in [2.75, 3.05) is 37.5 Å². The molecule has 1 amide bonds. The standard InChI is InChI=1S/C22H36N2O6S/c1-15(29-19-8-6-7-9-28-19)21(2,3)17-12-18(30-24-17)23-20(25)22(4,5)31-14-16-13-26-10-11-27-16/h12,15-16,19H,6-11,13-14H2,1-5H3,(H,23,25)/t15-,16+,19?/m0/s1. The summed E-state index contributed by atoms with van der Waals surface area (Å²) in [5.41, 5.74) is 0.319. The van der Waals surface area contributed by atoms with Gasteiger partial charge in [0.1, 0.15) is 0 Å². The Kier molecular flexibility index (Phi) is 8.43.